The highest BCUT2D eigenvalue weighted by atomic mass is 79.9. The monoisotopic (exact) mass is 359 g/mol. The topological polar surface area (TPSA) is 75.4 Å². The van der Waals surface area contributed by atoms with Gasteiger partial charge in [0.15, 0.2) is 0 Å². The van der Waals surface area contributed by atoms with E-state index < -0.39 is 10.0 Å². The molecule has 3 atom stereocenters. The zero-order valence-electron chi connectivity index (χ0n) is 11.0. The molecule has 1 aromatic rings. The molecule has 2 aliphatic rings. The van der Waals surface area contributed by atoms with Crippen molar-refractivity contribution in [1.82, 2.24) is 4.90 Å². The number of fused-ring (bicyclic) bond motifs is 2. The summed E-state index contributed by atoms with van der Waals surface area (Å²) in [5, 5.41) is 8.68. The maximum atomic E-state index is 11.3. The van der Waals surface area contributed by atoms with E-state index in [4.69, 9.17) is 5.14 Å². The largest absolute Gasteiger partial charge is 0.381 e. The maximum Gasteiger partial charge on any atom is 0.238 e. The van der Waals surface area contributed by atoms with Gasteiger partial charge in [-0.25, -0.2) is 13.6 Å². The lowest BCUT2D eigenvalue weighted by atomic mass is 9.94. The van der Waals surface area contributed by atoms with Gasteiger partial charge in [-0.15, -0.1) is 0 Å². The number of rotatable bonds is 3. The van der Waals surface area contributed by atoms with Crippen LogP contribution in [-0.2, 0) is 10.0 Å². The Morgan fingerprint density at radius 3 is 2.75 bits per heavy atom. The number of hydrogen-bond acceptors (Lipinski definition) is 4. The van der Waals surface area contributed by atoms with Gasteiger partial charge in [-0.3, -0.25) is 0 Å². The highest BCUT2D eigenvalue weighted by Gasteiger charge is 2.34. The second-order valence-corrected chi connectivity index (χ2v) is 7.99. The molecule has 3 unspecified atom stereocenters. The van der Waals surface area contributed by atoms with Crippen LogP contribution in [0.4, 0.5) is 5.69 Å². The molecule has 2 fully saturated rings. The summed E-state index contributed by atoms with van der Waals surface area (Å²) in [6, 6.07) is 5.35. The molecule has 0 aromatic heterocycles. The van der Waals surface area contributed by atoms with Crippen molar-refractivity contribution >= 4 is 31.6 Å². The minimum atomic E-state index is -3.65. The summed E-state index contributed by atoms with van der Waals surface area (Å²) in [6.45, 7) is 3.51. The zero-order chi connectivity index (χ0) is 14.3. The first kappa shape index (κ1) is 14.3. The van der Waals surface area contributed by atoms with Gasteiger partial charge in [0.1, 0.15) is 0 Å². The van der Waals surface area contributed by atoms with E-state index in [1.165, 1.54) is 19.5 Å². The molecule has 0 saturated carbocycles. The van der Waals surface area contributed by atoms with Crippen LogP contribution in [0.1, 0.15) is 12.8 Å². The summed E-state index contributed by atoms with van der Waals surface area (Å²) in [4.78, 5) is 2.63. The number of primary sulfonamides is 1. The lowest BCUT2D eigenvalue weighted by Crippen LogP contribution is -2.39. The van der Waals surface area contributed by atoms with E-state index in [2.05, 4.69) is 26.1 Å². The average molecular weight is 360 g/mol. The van der Waals surface area contributed by atoms with Crippen molar-refractivity contribution in [2.45, 2.75) is 23.8 Å². The molecule has 0 radical (unpaired) electrons. The molecule has 0 aliphatic carbocycles. The third-order valence-corrected chi connectivity index (χ3v) is 5.81. The minimum Gasteiger partial charge on any atom is -0.381 e. The van der Waals surface area contributed by atoms with Crippen LogP contribution in [0.3, 0.4) is 0 Å². The molecule has 1 aromatic carbocycles. The molecular formula is C13H18BrN3O2S. The fraction of sp³-hybridized carbons (Fsp3) is 0.538. The predicted molar refractivity (Wildman–Crippen MR) is 82.1 cm³/mol. The number of piperidine rings is 1. The maximum absolute atomic E-state index is 11.3. The van der Waals surface area contributed by atoms with Gasteiger partial charge < -0.3 is 10.2 Å². The number of anilines is 1. The average Bonchev–Trinajstić information content (AvgIpc) is 2.76. The third kappa shape index (κ3) is 2.86. The van der Waals surface area contributed by atoms with Crippen molar-refractivity contribution in [3.63, 3.8) is 0 Å². The smallest absolute Gasteiger partial charge is 0.238 e. The van der Waals surface area contributed by atoms with Gasteiger partial charge in [-0.1, -0.05) is 0 Å². The van der Waals surface area contributed by atoms with E-state index in [9.17, 15) is 8.42 Å². The van der Waals surface area contributed by atoms with Gasteiger partial charge in [0, 0.05) is 29.3 Å². The van der Waals surface area contributed by atoms with Crippen molar-refractivity contribution in [2.24, 2.45) is 11.1 Å². The Hall–Kier alpha value is -0.630. The van der Waals surface area contributed by atoms with Gasteiger partial charge >= 0.3 is 0 Å². The van der Waals surface area contributed by atoms with Crippen molar-refractivity contribution in [1.29, 1.82) is 0 Å². The van der Waals surface area contributed by atoms with Crippen molar-refractivity contribution in [3.05, 3.63) is 22.7 Å². The fourth-order valence-corrected chi connectivity index (χ4v) is 4.32. The molecule has 2 bridgehead atoms. The van der Waals surface area contributed by atoms with Gasteiger partial charge in [-0.05, 0) is 59.4 Å². The number of nitrogens with one attached hydrogen (secondary N) is 1. The van der Waals surface area contributed by atoms with Crippen LogP contribution in [0.2, 0.25) is 0 Å². The van der Waals surface area contributed by atoms with E-state index >= 15 is 0 Å². The van der Waals surface area contributed by atoms with Crippen molar-refractivity contribution < 1.29 is 8.42 Å². The minimum absolute atomic E-state index is 0.130. The lowest BCUT2D eigenvalue weighted by Gasteiger charge is -2.32. The van der Waals surface area contributed by atoms with Crippen LogP contribution in [0, 0.1) is 5.92 Å². The first-order chi connectivity index (χ1) is 9.43. The van der Waals surface area contributed by atoms with E-state index in [1.54, 1.807) is 18.2 Å². The van der Waals surface area contributed by atoms with Crippen LogP contribution >= 0.6 is 15.9 Å². The number of nitrogens with two attached hydrogens (primary N) is 1. The van der Waals surface area contributed by atoms with Crippen LogP contribution in [0.25, 0.3) is 0 Å². The van der Waals surface area contributed by atoms with Crippen LogP contribution in [0.5, 0.6) is 0 Å². The molecule has 0 spiro atoms. The van der Waals surface area contributed by atoms with E-state index in [1.807, 2.05) is 0 Å². The molecule has 20 heavy (non-hydrogen) atoms. The summed E-state index contributed by atoms with van der Waals surface area (Å²) in [7, 11) is -3.65. The van der Waals surface area contributed by atoms with Crippen LogP contribution < -0.4 is 10.5 Å². The third-order valence-electron chi connectivity index (χ3n) is 4.24. The summed E-state index contributed by atoms with van der Waals surface area (Å²) < 4.78 is 23.4. The number of benzene rings is 1. The Bertz CT molecular complexity index is 620. The standard InChI is InChI=1S/C13H18BrN3O2S/c14-11-7-10(20(15,18)19)1-2-13(11)16-12-4-6-17-5-3-9(12)8-17/h1-2,7,9,12,16H,3-6,8H2,(H2,15,18,19). The molecule has 3 rings (SSSR count). The zero-order valence-corrected chi connectivity index (χ0v) is 13.5. The molecule has 7 heteroatoms. The second-order valence-electron chi connectivity index (χ2n) is 5.58. The number of hydrogen-bond donors (Lipinski definition) is 2. The lowest BCUT2D eigenvalue weighted by molar-refractivity contribution is 0.255. The molecule has 3 N–H and O–H groups in total. The Kier molecular flexibility index (Phi) is 3.79. The van der Waals surface area contributed by atoms with Crippen molar-refractivity contribution in [3.8, 4) is 0 Å². The van der Waals surface area contributed by atoms with Gasteiger partial charge in [0.05, 0.1) is 4.90 Å². The summed E-state index contributed by atoms with van der Waals surface area (Å²) >= 11 is 3.43. The number of halogens is 1. The summed E-state index contributed by atoms with van der Waals surface area (Å²) in [5.74, 6) is 0.688. The van der Waals surface area contributed by atoms with Gasteiger partial charge in [-0.2, -0.15) is 0 Å². The summed E-state index contributed by atoms with van der Waals surface area (Å²) in [5.41, 5.74) is 0.933. The second kappa shape index (κ2) is 5.29. The van der Waals surface area contributed by atoms with E-state index in [0.29, 0.717) is 12.0 Å². The van der Waals surface area contributed by atoms with Crippen molar-refractivity contribution in [2.75, 3.05) is 25.0 Å². The SMILES string of the molecule is NS(=O)(=O)c1ccc(NC2CCN3CCC2C3)c(Br)c1. The molecule has 0 amide bonds. The van der Waals surface area contributed by atoms with E-state index in [0.717, 1.165) is 23.1 Å². The van der Waals surface area contributed by atoms with Gasteiger partial charge in [0.2, 0.25) is 10.0 Å². The van der Waals surface area contributed by atoms with Gasteiger partial charge in [0.25, 0.3) is 0 Å². The van der Waals surface area contributed by atoms with Crippen LogP contribution in [-0.4, -0.2) is 39.0 Å². The molecule has 2 heterocycles. The molecule has 2 aliphatic heterocycles. The highest BCUT2D eigenvalue weighted by Crippen LogP contribution is 2.32. The Morgan fingerprint density at radius 1 is 1.30 bits per heavy atom. The highest BCUT2D eigenvalue weighted by molar-refractivity contribution is 9.10. The quantitative estimate of drug-likeness (QED) is 0.859. The Labute approximate surface area is 127 Å². The first-order valence-corrected chi connectivity index (χ1v) is 9.08. The summed E-state index contributed by atoms with van der Waals surface area (Å²) in [6.07, 6.45) is 2.37. The van der Waals surface area contributed by atoms with Crippen LogP contribution in [0.15, 0.2) is 27.6 Å². The molecule has 2 saturated heterocycles. The Balaban J connectivity index is 1.78. The predicted octanol–water partition coefficient (Wildman–Crippen LogP) is 1.60. The first-order valence-electron chi connectivity index (χ1n) is 6.75. The van der Waals surface area contributed by atoms with E-state index in [-0.39, 0.29) is 4.90 Å². The fourth-order valence-electron chi connectivity index (χ4n) is 3.13. The molecule has 5 nitrogen and oxygen atoms in total. The number of sulfonamides is 1. The number of nitrogens with zero attached hydrogens (tertiary/aromatic N) is 1. The molecule has 110 valence electrons. The Morgan fingerprint density at radius 2 is 2.05 bits per heavy atom. The normalized spacial score (nSPS) is 29.4. The molecular weight excluding hydrogens is 342 g/mol.